The van der Waals surface area contributed by atoms with Crippen LogP contribution in [0.2, 0.25) is 10.0 Å². The molecule has 0 saturated heterocycles. The third-order valence-electron chi connectivity index (χ3n) is 3.27. The number of anilines is 4. The first-order valence-corrected chi connectivity index (χ1v) is 8.72. The van der Waals surface area contributed by atoms with Crippen molar-refractivity contribution in [2.45, 2.75) is 20.0 Å². The Labute approximate surface area is 161 Å². The molecule has 3 aromatic rings. The summed E-state index contributed by atoms with van der Waals surface area (Å²) in [5, 5.41) is 15.1. The van der Waals surface area contributed by atoms with E-state index in [2.05, 4.69) is 25.8 Å². The molecule has 0 aliphatic rings. The van der Waals surface area contributed by atoms with E-state index in [1.807, 2.05) is 38.1 Å². The van der Waals surface area contributed by atoms with Crippen molar-refractivity contribution in [3.8, 4) is 5.75 Å². The van der Waals surface area contributed by atoms with Gasteiger partial charge < -0.3 is 15.4 Å². The van der Waals surface area contributed by atoms with Gasteiger partial charge in [-0.25, -0.2) is 0 Å². The van der Waals surface area contributed by atoms with Gasteiger partial charge in [0.1, 0.15) is 5.75 Å². The van der Waals surface area contributed by atoms with Crippen molar-refractivity contribution in [2.75, 3.05) is 10.6 Å². The fourth-order valence-electron chi connectivity index (χ4n) is 2.20. The minimum Gasteiger partial charge on any atom is -0.489 e. The van der Waals surface area contributed by atoms with Crippen LogP contribution >= 0.6 is 23.2 Å². The molecule has 6 nitrogen and oxygen atoms in total. The lowest BCUT2D eigenvalue weighted by Crippen LogP contribution is -2.08. The third kappa shape index (κ3) is 4.53. The number of halogens is 2. The molecule has 0 saturated carbocycles. The van der Waals surface area contributed by atoms with Crippen LogP contribution in [0.1, 0.15) is 13.8 Å². The average molecular weight is 390 g/mol. The highest BCUT2D eigenvalue weighted by atomic mass is 35.5. The molecule has 0 unspecified atom stereocenters. The molecule has 2 aromatic carbocycles. The SMILES string of the molecule is CC(C)Oc1ccccc1Nc1nncc(Nc2cccc(Cl)c2Cl)n1. The number of ether oxygens (including phenoxy) is 1. The Kier molecular flexibility index (Phi) is 5.75. The number of hydrogen-bond acceptors (Lipinski definition) is 6. The second-order valence-corrected chi connectivity index (χ2v) is 6.46. The van der Waals surface area contributed by atoms with Crippen LogP contribution in [0.3, 0.4) is 0 Å². The Balaban J connectivity index is 1.81. The number of benzene rings is 2. The van der Waals surface area contributed by atoms with Gasteiger partial charge in [0.25, 0.3) is 0 Å². The van der Waals surface area contributed by atoms with Gasteiger partial charge in [-0.15, -0.1) is 5.10 Å². The van der Waals surface area contributed by atoms with Gasteiger partial charge in [0.05, 0.1) is 33.7 Å². The first kappa shape index (κ1) is 18.2. The van der Waals surface area contributed by atoms with Crippen molar-refractivity contribution >= 4 is 46.3 Å². The normalized spacial score (nSPS) is 10.7. The van der Waals surface area contributed by atoms with Crippen LogP contribution in [0.15, 0.2) is 48.7 Å². The van der Waals surface area contributed by atoms with Gasteiger partial charge in [0, 0.05) is 0 Å². The van der Waals surface area contributed by atoms with Crippen LogP contribution in [0.5, 0.6) is 5.75 Å². The van der Waals surface area contributed by atoms with Gasteiger partial charge in [-0.05, 0) is 38.1 Å². The zero-order valence-corrected chi connectivity index (χ0v) is 15.7. The van der Waals surface area contributed by atoms with E-state index in [0.29, 0.717) is 33.2 Å². The van der Waals surface area contributed by atoms with Gasteiger partial charge in [-0.1, -0.05) is 41.4 Å². The fourth-order valence-corrected chi connectivity index (χ4v) is 2.55. The van der Waals surface area contributed by atoms with Gasteiger partial charge in [-0.2, -0.15) is 10.1 Å². The van der Waals surface area contributed by atoms with E-state index in [1.54, 1.807) is 18.2 Å². The summed E-state index contributed by atoms with van der Waals surface area (Å²) in [5.41, 5.74) is 1.38. The Morgan fingerprint density at radius 3 is 2.54 bits per heavy atom. The number of hydrogen-bond donors (Lipinski definition) is 2. The van der Waals surface area contributed by atoms with Crippen molar-refractivity contribution in [2.24, 2.45) is 0 Å². The summed E-state index contributed by atoms with van der Waals surface area (Å²) < 4.78 is 5.79. The van der Waals surface area contributed by atoms with E-state index in [4.69, 9.17) is 27.9 Å². The molecule has 0 atom stereocenters. The molecule has 1 aromatic heterocycles. The minimum atomic E-state index is 0.0509. The quantitative estimate of drug-likeness (QED) is 0.583. The molecule has 134 valence electrons. The molecule has 0 radical (unpaired) electrons. The largest absolute Gasteiger partial charge is 0.489 e. The number of aromatic nitrogens is 3. The van der Waals surface area contributed by atoms with Crippen LogP contribution in [0.4, 0.5) is 23.1 Å². The van der Waals surface area contributed by atoms with Gasteiger partial charge in [0.2, 0.25) is 5.95 Å². The van der Waals surface area contributed by atoms with Crippen LogP contribution in [0.25, 0.3) is 0 Å². The van der Waals surface area contributed by atoms with E-state index < -0.39 is 0 Å². The van der Waals surface area contributed by atoms with E-state index in [0.717, 1.165) is 5.69 Å². The molecule has 26 heavy (non-hydrogen) atoms. The Hall–Kier alpha value is -2.57. The van der Waals surface area contributed by atoms with E-state index in [-0.39, 0.29) is 6.10 Å². The summed E-state index contributed by atoms with van der Waals surface area (Å²) in [5.74, 6) is 1.52. The highest BCUT2D eigenvalue weighted by molar-refractivity contribution is 6.43. The molecule has 3 rings (SSSR count). The predicted molar refractivity (Wildman–Crippen MR) is 105 cm³/mol. The second kappa shape index (κ2) is 8.21. The lowest BCUT2D eigenvalue weighted by Gasteiger charge is -2.15. The van der Waals surface area contributed by atoms with Crippen molar-refractivity contribution in [3.63, 3.8) is 0 Å². The molecular weight excluding hydrogens is 373 g/mol. The monoisotopic (exact) mass is 389 g/mol. The van der Waals surface area contributed by atoms with Crippen molar-refractivity contribution in [3.05, 3.63) is 58.7 Å². The lowest BCUT2D eigenvalue weighted by molar-refractivity contribution is 0.244. The zero-order valence-electron chi connectivity index (χ0n) is 14.2. The third-order valence-corrected chi connectivity index (χ3v) is 4.09. The summed E-state index contributed by atoms with van der Waals surface area (Å²) in [4.78, 5) is 4.40. The number of nitrogens with zero attached hydrogens (tertiary/aromatic N) is 3. The molecule has 0 spiro atoms. The average Bonchev–Trinajstić information content (AvgIpc) is 2.61. The van der Waals surface area contributed by atoms with E-state index >= 15 is 0 Å². The van der Waals surface area contributed by atoms with Crippen molar-refractivity contribution in [1.29, 1.82) is 0 Å². The number of nitrogens with one attached hydrogen (secondary N) is 2. The molecule has 8 heteroatoms. The first-order chi connectivity index (χ1) is 12.5. The Morgan fingerprint density at radius 2 is 1.73 bits per heavy atom. The second-order valence-electron chi connectivity index (χ2n) is 5.68. The predicted octanol–water partition coefficient (Wildman–Crippen LogP) is 5.45. The minimum absolute atomic E-state index is 0.0509. The lowest BCUT2D eigenvalue weighted by atomic mass is 10.3. The molecule has 1 heterocycles. The zero-order chi connectivity index (χ0) is 18.5. The molecule has 0 amide bonds. The van der Waals surface area contributed by atoms with Crippen LogP contribution in [-0.2, 0) is 0 Å². The van der Waals surface area contributed by atoms with Crippen LogP contribution in [0, 0.1) is 0 Å². The topological polar surface area (TPSA) is 72.0 Å². The van der Waals surface area contributed by atoms with Gasteiger partial charge in [0.15, 0.2) is 5.82 Å². The Morgan fingerprint density at radius 1 is 0.962 bits per heavy atom. The van der Waals surface area contributed by atoms with Crippen molar-refractivity contribution < 1.29 is 4.74 Å². The molecule has 0 bridgehead atoms. The Bertz CT molecular complexity index is 904. The first-order valence-electron chi connectivity index (χ1n) is 7.96. The van der Waals surface area contributed by atoms with E-state index in [1.165, 1.54) is 6.20 Å². The summed E-state index contributed by atoms with van der Waals surface area (Å²) in [7, 11) is 0. The highest BCUT2D eigenvalue weighted by Gasteiger charge is 2.09. The molecular formula is C18H17Cl2N5O. The molecule has 0 fully saturated rings. The summed E-state index contributed by atoms with van der Waals surface area (Å²) in [6.07, 6.45) is 1.55. The standard InChI is InChI=1S/C18H17Cl2N5O/c1-11(2)26-15-9-4-3-7-13(15)23-18-24-16(10-21-25-18)22-14-8-5-6-12(19)17(14)20/h3-11H,1-2H3,(H2,22,23,24,25). The van der Waals surface area contributed by atoms with E-state index in [9.17, 15) is 0 Å². The maximum absolute atomic E-state index is 6.19. The highest BCUT2D eigenvalue weighted by Crippen LogP contribution is 2.31. The molecule has 0 aliphatic carbocycles. The fraction of sp³-hybridized carbons (Fsp3) is 0.167. The molecule has 0 aliphatic heterocycles. The maximum atomic E-state index is 6.19. The van der Waals surface area contributed by atoms with Crippen LogP contribution < -0.4 is 15.4 Å². The summed E-state index contributed by atoms with van der Waals surface area (Å²) >= 11 is 12.2. The number of para-hydroxylation sites is 2. The van der Waals surface area contributed by atoms with Gasteiger partial charge in [-0.3, -0.25) is 0 Å². The maximum Gasteiger partial charge on any atom is 0.249 e. The van der Waals surface area contributed by atoms with Crippen molar-refractivity contribution in [1.82, 2.24) is 15.2 Å². The number of rotatable bonds is 6. The van der Waals surface area contributed by atoms with Gasteiger partial charge >= 0.3 is 0 Å². The summed E-state index contributed by atoms with van der Waals surface area (Å²) in [6.45, 7) is 3.93. The van der Waals surface area contributed by atoms with Crippen LogP contribution in [-0.4, -0.2) is 21.3 Å². The smallest absolute Gasteiger partial charge is 0.249 e. The molecule has 2 N–H and O–H groups in total. The summed E-state index contributed by atoms with van der Waals surface area (Å²) in [6, 6.07) is 12.9.